The summed E-state index contributed by atoms with van der Waals surface area (Å²) >= 11 is 8.29. The molecule has 0 saturated heterocycles. The number of imidazole rings is 1. The molecule has 0 aliphatic rings. The van der Waals surface area contributed by atoms with E-state index in [9.17, 15) is 43.5 Å². The second-order valence-corrected chi connectivity index (χ2v) is 18.9. The lowest BCUT2D eigenvalue weighted by Crippen LogP contribution is -2.63. The fourth-order valence-corrected chi connectivity index (χ4v) is 8.08. The van der Waals surface area contributed by atoms with E-state index in [0.29, 0.717) is 23.2 Å². The molecule has 0 unspecified atom stereocenters. The summed E-state index contributed by atoms with van der Waals surface area (Å²) < 4.78 is 0. The number of hydrogen-bond acceptors (Lipinski definition) is 14. The largest absolute Gasteiger partial charge is 0.480 e. The van der Waals surface area contributed by atoms with E-state index in [4.69, 9.17) is 28.7 Å². The molecule has 7 amide bonds. The Labute approximate surface area is 449 Å². The average molecular weight is 1090 g/mol. The number of aliphatic imine (C=N–C) groups is 2. The number of rotatable bonds is 31. The molecule has 7 atom stereocenters. The maximum Gasteiger partial charge on any atom is 0.327 e. The van der Waals surface area contributed by atoms with Crippen molar-refractivity contribution in [1.82, 2.24) is 52.2 Å². The van der Waals surface area contributed by atoms with Crippen molar-refractivity contribution in [2.24, 2.45) is 38.7 Å². The lowest BCUT2D eigenvalue weighted by molar-refractivity contribution is -0.141. The molecule has 2 heterocycles. The Balaban J connectivity index is 1.60. The topological polar surface area (TPSA) is 440 Å². The Bertz CT molecular complexity index is 2660. The van der Waals surface area contributed by atoms with Gasteiger partial charge in [0.15, 0.2) is 11.9 Å². The fourth-order valence-electron chi connectivity index (χ4n) is 7.58. The van der Waals surface area contributed by atoms with Crippen LogP contribution < -0.4 is 65.9 Å². The molecule has 4 rings (SSSR count). The monoisotopic (exact) mass is 1090 g/mol. The first-order chi connectivity index (χ1) is 36.1. The number of benzene rings is 2. The van der Waals surface area contributed by atoms with Gasteiger partial charge in [0, 0.05) is 72.8 Å². The minimum absolute atomic E-state index is 0.0420. The predicted molar refractivity (Wildman–Crippen MR) is 291 cm³/mol. The number of carbonyl (C=O) groups excluding carboxylic acids is 7. The molecule has 0 aliphatic heterocycles. The SMILES string of the molecule is CC(C)(NC(=O)[C@H](CS)NC(=O)[C@@H](N)CCCN=C(N)N)C(=O)N[C@@H](Cc1cnc[nH]1)C(=O)N[C@H](Cc1ccccc1)C(=O)N[C@@H](CCCN=C(N)N)C(=O)N[C@H](Cc1c[nH]c2ccccc12)C(=O)N[C@@H](CS)C(=O)O. The van der Waals surface area contributed by atoms with Crippen LogP contribution >= 0.6 is 25.3 Å². The van der Waals surface area contributed by atoms with Gasteiger partial charge >= 0.3 is 5.97 Å². The van der Waals surface area contributed by atoms with Crippen LogP contribution in [0.15, 0.2) is 83.3 Å². The molecule has 4 aromatic rings. The molecule has 2 aromatic carbocycles. The van der Waals surface area contributed by atoms with Gasteiger partial charge in [0.1, 0.15) is 41.8 Å². The van der Waals surface area contributed by atoms with Crippen LogP contribution in [0.2, 0.25) is 0 Å². The molecular weight excluding hydrogens is 1020 g/mol. The molecule has 0 aliphatic carbocycles. The number of thiol groups is 2. The molecule has 412 valence electrons. The third-order valence-electron chi connectivity index (χ3n) is 11.7. The number of hydrogen-bond donors (Lipinski definition) is 17. The molecule has 0 bridgehead atoms. The van der Waals surface area contributed by atoms with E-state index < -0.39 is 95.2 Å². The van der Waals surface area contributed by atoms with Crippen LogP contribution in [-0.2, 0) is 57.6 Å². The number of H-pyrrole nitrogens is 2. The number of nitrogens with zero attached hydrogens (tertiary/aromatic N) is 3. The van der Waals surface area contributed by atoms with Gasteiger partial charge in [-0.15, -0.1) is 0 Å². The van der Waals surface area contributed by atoms with Crippen molar-refractivity contribution in [3.63, 3.8) is 0 Å². The summed E-state index contributed by atoms with van der Waals surface area (Å²) in [6.07, 6.45) is 4.70. The van der Waals surface area contributed by atoms with Gasteiger partial charge in [-0.25, -0.2) is 9.78 Å². The Morgan fingerprint density at radius 2 is 1.16 bits per heavy atom. The van der Waals surface area contributed by atoms with Crippen LogP contribution in [0.3, 0.4) is 0 Å². The van der Waals surface area contributed by atoms with Crippen molar-refractivity contribution in [2.75, 3.05) is 24.6 Å². The number of para-hydroxylation sites is 1. The first kappa shape index (κ1) is 60.7. The summed E-state index contributed by atoms with van der Waals surface area (Å²) in [7, 11) is 0. The molecule has 28 heteroatoms. The van der Waals surface area contributed by atoms with E-state index in [-0.39, 0.29) is 75.0 Å². The highest BCUT2D eigenvalue weighted by atomic mass is 32.1. The molecule has 76 heavy (non-hydrogen) atoms. The molecule has 0 saturated carbocycles. The van der Waals surface area contributed by atoms with Gasteiger partial charge < -0.3 is 81.0 Å². The number of carboxylic acids is 1. The third-order valence-corrected chi connectivity index (χ3v) is 12.5. The second-order valence-electron chi connectivity index (χ2n) is 18.2. The number of aromatic nitrogens is 3. The highest BCUT2D eigenvalue weighted by Gasteiger charge is 2.37. The van der Waals surface area contributed by atoms with Crippen LogP contribution in [0.1, 0.15) is 56.4 Å². The minimum atomic E-state index is -1.72. The Morgan fingerprint density at radius 1 is 0.632 bits per heavy atom. The highest BCUT2D eigenvalue weighted by molar-refractivity contribution is 7.80. The smallest absolute Gasteiger partial charge is 0.327 e. The van der Waals surface area contributed by atoms with Crippen LogP contribution in [0.5, 0.6) is 0 Å². The van der Waals surface area contributed by atoms with E-state index in [1.165, 1.54) is 26.4 Å². The zero-order chi connectivity index (χ0) is 56.0. The number of nitrogens with one attached hydrogen (secondary N) is 9. The van der Waals surface area contributed by atoms with E-state index in [1.807, 2.05) is 18.2 Å². The lowest BCUT2D eigenvalue weighted by atomic mass is 10.0. The number of guanidine groups is 2. The summed E-state index contributed by atoms with van der Waals surface area (Å²) in [6.45, 7) is 3.03. The summed E-state index contributed by atoms with van der Waals surface area (Å²) in [5.41, 5.74) is 28.5. The molecular formula is C48H69N17O9S2. The zero-order valence-electron chi connectivity index (χ0n) is 42.1. The number of aliphatic carboxylic acids is 1. The van der Waals surface area contributed by atoms with Gasteiger partial charge in [0.25, 0.3) is 0 Å². The average Bonchev–Trinajstić information content (AvgIpc) is 4.06. The van der Waals surface area contributed by atoms with Crippen LogP contribution in [0.4, 0.5) is 0 Å². The molecule has 20 N–H and O–H groups in total. The van der Waals surface area contributed by atoms with Gasteiger partial charge in [0.05, 0.1) is 12.4 Å². The molecule has 0 spiro atoms. The number of aromatic amines is 2. The number of nitrogens with two attached hydrogens (primary N) is 5. The van der Waals surface area contributed by atoms with Crippen LogP contribution in [-0.4, -0.2) is 152 Å². The normalized spacial score (nSPS) is 14.0. The Kier molecular flexibility index (Phi) is 23.9. The first-order valence-corrected chi connectivity index (χ1v) is 25.4. The Morgan fingerprint density at radius 3 is 1.74 bits per heavy atom. The van der Waals surface area contributed by atoms with Crippen molar-refractivity contribution in [3.8, 4) is 0 Å². The van der Waals surface area contributed by atoms with Crippen LogP contribution in [0.25, 0.3) is 10.9 Å². The van der Waals surface area contributed by atoms with E-state index in [1.54, 1.807) is 42.6 Å². The number of carbonyl (C=O) groups is 8. The van der Waals surface area contributed by atoms with E-state index >= 15 is 0 Å². The van der Waals surface area contributed by atoms with Crippen molar-refractivity contribution < 1.29 is 43.5 Å². The predicted octanol–water partition coefficient (Wildman–Crippen LogP) is -2.90. The standard InChI is InChI=1S/C48H69N17O9S2/c1-48(2,65-43(71)36(23-75)62-38(66)30(49)13-8-16-55-46(50)51)45(74)64-35(20-28-22-54-25-58-28)42(70)60-33(18-26-10-4-3-5-11-26)40(68)59-32(15-9-17-56-47(52)53)39(67)61-34(41(69)63-37(24-76)44(72)73)19-27-21-57-31-14-7-6-12-29(27)31/h3-7,10-12,14,21-22,25,30,32-37,57,75-76H,8-9,13,15-20,23-24,49H2,1-2H3,(H,54,58)(H,59,68)(H,60,70)(H,61,67)(H,62,66)(H,63,69)(H,64,74)(H,65,71)(H,72,73)(H4,50,51,55)(H4,52,53,56)/t30-,32-,33+,34+,35-,36-,37-/m0/s1. The summed E-state index contributed by atoms with van der Waals surface area (Å²) in [5.74, 6) is -7.75. The van der Waals surface area contributed by atoms with Crippen molar-refractivity contribution in [1.29, 1.82) is 0 Å². The number of amides is 7. The van der Waals surface area contributed by atoms with Crippen LogP contribution in [0, 0.1) is 0 Å². The summed E-state index contributed by atoms with van der Waals surface area (Å²) in [4.78, 5) is 128. The zero-order valence-corrected chi connectivity index (χ0v) is 43.9. The van der Waals surface area contributed by atoms with Crippen molar-refractivity contribution in [3.05, 3.63) is 90.1 Å². The number of fused-ring (bicyclic) bond motifs is 1. The second kappa shape index (κ2) is 29.9. The van der Waals surface area contributed by atoms with Gasteiger partial charge in [-0.05, 0) is 56.7 Å². The molecule has 26 nitrogen and oxygen atoms in total. The van der Waals surface area contributed by atoms with Crippen molar-refractivity contribution >= 4 is 95.4 Å². The lowest BCUT2D eigenvalue weighted by Gasteiger charge is -2.30. The van der Waals surface area contributed by atoms with Gasteiger partial charge in [-0.3, -0.25) is 43.5 Å². The molecule has 0 radical (unpaired) electrons. The molecule has 2 aromatic heterocycles. The summed E-state index contributed by atoms with van der Waals surface area (Å²) in [6, 6.07) is 6.64. The van der Waals surface area contributed by atoms with Gasteiger partial charge in [0.2, 0.25) is 41.4 Å². The minimum Gasteiger partial charge on any atom is -0.480 e. The maximum atomic E-state index is 14.6. The third kappa shape index (κ3) is 19.4. The fraction of sp³-hybridized carbons (Fsp3) is 0.438. The first-order valence-electron chi connectivity index (χ1n) is 24.1. The quantitative estimate of drug-likeness (QED) is 0.0104. The maximum absolute atomic E-state index is 14.6. The van der Waals surface area contributed by atoms with Gasteiger partial charge in [-0.2, -0.15) is 25.3 Å². The molecule has 0 fully saturated rings. The van der Waals surface area contributed by atoms with E-state index in [0.717, 1.165) is 10.9 Å². The number of carboxylic acid groups (broad SMARTS) is 1. The Hall–Kier alpha value is -7.85. The highest BCUT2D eigenvalue weighted by Crippen LogP contribution is 2.20. The summed E-state index contributed by atoms with van der Waals surface area (Å²) in [5, 5.41) is 28.9. The van der Waals surface area contributed by atoms with Gasteiger partial charge in [-0.1, -0.05) is 48.5 Å². The van der Waals surface area contributed by atoms with Crippen molar-refractivity contribution in [2.45, 2.75) is 107 Å². The van der Waals surface area contributed by atoms with E-state index in [2.05, 4.69) is 87.4 Å².